The van der Waals surface area contributed by atoms with E-state index in [1.807, 2.05) is 11.3 Å². The van der Waals surface area contributed by atoms with Crippen molar-refractivity contribution in [3.8, 4) is 0 Å². The van der Waals surface area contributed by atoms with Crippen LogP contribution in [0.1, 0.15) is 29.0 Å². The molecule has 2 nitrogen and oxygen atoms in total. The SMILES string of the molecule is Cc1ccsc1C(C)Nc1ccc(CN(C)C)cc1. The minimum Gasteiger partial charge on any atom is -0.378 e. The highest BCUT2D eigenvalue weighted by Crippen LogP contribution is 2.26. The third-order valence-corrected chi connectivity index (χ3v) is 4.33. The van der Waals surface area contributed by atoms with Crippen LogP contribution in [0.25, 0.3) is 0 Å². The van der Waals surface area contributed by atoms with Gasteiger partial charge in [-0.3, -0.25) is 0 Å². The van der Waals surface area contributed by atoms with Gasteiger partial charge >= 0.3 is 0 Å². The van der Waals surface area contributed by atoms with Gasteiger partial charge in [0.15, 0.2) is 0 Å². The summed E-state index contributed by atoms with van der Waals surface area (Å²) in [6, 6.07) is 11.3. The molecule has 0 saturated carbocycles. The topological polar surface area (TPSA) is 15.3 Å². The Morgan fingerprint density at radius 3 is 2.37 bits per heavy atom. The maximum atomic E-state index is 3.56. The standard InChI is InChI=1S/C16H22N2S/c1-12-9-10-19-16(12)13(2)17-15-7-5-14(6-8-15)11-18(3)4/h5-10,13,17H,11H2,1-4H3. The smallest absolute Gasteiger partial charge is 0.0581 e. The van der Waals surface area contributed by atoms with E-state index < -0.39 is 0 Å². The first-order valence-electron chi connectivity index (χ1n) is 6.60. The van der Waals surface area contributed by atoms with Gasteiger partial charge in [-0.05, 0) is 62.6 Å². The maximum absolute atomic E-state index is 3.56. The molecule has 1 aromatic carbocycles. The van der Waals surface area contributed by atoms with Crippen LogP contribution in [0, 0.1) is 6.92 Å². The molecule has 0 aliphatic heterocycles. The average molecular weight is 274 g/mol. The quantitative estimate of drug-likeness (QED) is 0.875. The average Bonchev–Trinajstić information content (AvgIpc) is 2.77. The highest BCUT2D eigenvalue weighted by atomic mass is 32.1. The van der Waals surface area contributed by atoms with E-state index >= 15 is 0 Å². The third-order valence-electron chi connectivity index (χ3n) is 3.13. The Kier molecular flexibility index (Phi) is 4.61. The number of anilines is 1. The number of benzene rings is 1. The normalized spacial score (nSPS) is 12.7. The lowest BCUT2D eigenvalue weighted by molar-refractivity contribution is 0.402. The maximum Gasteiger partial charge on any atom is 0.0581 e. The highest BCUT2D eigenvalue weighted by molar-refractivity contribution is 7.10. The van der Waals surface area contributed by atoms with Crippen molar-refractivity contribution >= 4 is 17.0 Å². The summed E-state index contributed by atoms with van der Waals surface area (Å²) in [6.45, 7) is 5.37. The van der Waals surface area contributed by atoms with Crippen LogP contribution in [0.3, 0.4) is 0 Å². The second-order valence-electron chi connectivity index (χ2n) is 5.27. The minimum absolute atomic E-state index is 0.361. The Labute approximate surface area is 120 Å². The molecule has 2 aromatic rings. The summed E-state index contributed by atoms with van der Waals surface area (Å²) in [5.41, 5.74) is 3.90. The van der Waals surface area contributed by atoms with Gasteiger partial charge in [-0.15, -0.1) is 11.3 Å². The van der Waals surface area contributed by atoms with Crippen molar-refractivity contribution < 1.29 is 0 Å². The molecule has 1 unspecified atom stereocenters. The third kappa shape index (κ3) is 3.82. The summed E-state index contributed by atoms with van der Waals surface area (Å²) < 4.78 is 0. The fraction of sp³-hybridized carbons (Fsp3) is 0.375. The summed E-state index contributed by atoms with van der Waals surface area (Å²) in [6.07, 6.45) is 0. The number of aryl methyl sites for hydroxylation is 1. The number of nitrogens with one attached hydrogen (secondary N) is 1. The van der Waals surface area contributed by atoms with Crippen LogP contribution in [-0.4, -0.2) is 19.0 Å². The zero-order valence-corrected chi connectivity index (χ0v) is 12.9. The van der Waals surface area contributed by atoms with Crippen molar-refractivity contribution in [3.05, 3.63) is 51.7 Å². The molecular weight excluding hydrogens is 252 g/mol. The Morgan fingerprint density at radius 1 is 1.16 bits per heavy atom. The lowest BCUT2D eigenvalue weighted by Gasteiger charge is -2.16. The molecule has 1 aromatic heterocycles. The summed E-state index contributed by atoms with van der Waals surface area (Å²) >= 11 is 1.82. The highest BCUT2D eigenvalue weighted by Gasteiger charge is 2.09. The zero-order valence-electron chi connectivity index (χ0n) is 12.1. The van der Waals surface area contributed by atoms with Gasteiger partial charge in [-0.1, -0.05) is 12.1 Å². The van der Waals surface area contributed by atoms with E-state index in [0.717, 1.165) is 6.54 Å². The lowest BCUT2D eigenvalue weighted by atomic mass is 10.1. The molecule has 0 fully saturated rings. The Bertz CT molecular complexity index is 514. The van der Waals surface area contributed by atoms with Crippen molar-refractivity contribution in [1.29, 1.82) is 0 Å². The van der Waals surface area contributed by atoms with Crippen LogP contribution >= 0.6 is 11.3 Å². The van der Waals surface area contributed by atoms with Crippen LogP contribution in [0.2, 0.25) is 0 Å². The summed E-state index contributed by atoms with van der Waals surface area (Å²) in [4.78, 5) is 3.59. The molecule has 0 spiro atoms. The van der Waals surface area contributed by atoms with E-state index in [2.05, 4.69) is 73.9 Å². The van der Waals surface area contributed by atoms with Crippen LogP contribution in [-0.2, 0) is 6.54 Å². The minimum atomic E-state index is 0.361. The van der Waals surface area contributed by atoms with Crippen LogP contribution in [0.15, 0.2) is 35.7 Å². The monoisotopic (exact) mass is 274 g/mol. The van der Waals surface area contributed by atoms with Crippen molar-refractivity contribution in [2.75, 3.05) is 19.4 Å². The first-order valence-corrected chi connectivity index (χ1v) is 7.48. The van der Waals surface area contributed by atoms with Gasteiger partial charge in [0.1, 0.15) is 0 Å². The zero-order chi connectivity index (χ0) is 13.8. The Balaban J connectivity index is 2.01. The van der Waals surface area contributed by atoms with Gasteiger partial charge in [0.2, 0.25) is 0 Å². The van der Waals surface area contributed by atoms with E-state index in [4.69, 9.17) is 0 Å². The van der Waals surface area contributed by atoms with E-state index in [0.29, 0.717) is 6.04 Å². The van der Waals surface area contributed by atoms with Gasteiger partial charge < -0.3 is 10.2 Å². The molecule has 0 bridgehead atoms. The molecule has 0 saturated heterocycles. The van der Waals surface area contributed by atoms with Gasteiger partial charge in [0.25, 0.3) is 0 Å². The number of nitrogens with zero attached hydrogens (tertiary/aromatic N) is 1. The summed E-state index contributed by atoms with van der Waals surface area (Å²) in [5.74, 6) is 0. The van der Waals surface area contributed by atoms with E-state index in [-0.39, 0.29) is 0 Å². The first-order chi connectivity index (χ1) is 9.06. The number of rotatable bonds is 5. The molecule has 0 aliphatic rings. The molecule has 102 valence electrons. The molecular formula is C16H22N2S. The summed E-state index contributed by atoms with van der Waals surface area (Å²) in [7, 11) is 4.18. The first kappa shape index (κ1) is 14.1. The fourth-order valence-electron chi connectivity index (χ4n) is 2.22. The van der Waals surface area contributed by atoms with Crippen molar-refractivity contribution in [1.82, 2.24) is 4.90 Å². The fourth-order valence-corrected chi connectivity index (χ4v) is 3.15. The van der Waals surface area contributed by atoms with Gasteiger partial charge in [-0.25, -0.2) is 0 Å². The van der Waals surface area contributed by atoms with Gasteiger partial charge in [0, 0.05) is 17.1 Å². The van der Waals surface area contributed by atoms with Crippen LogP contribution < -0.4 is 5.32 Å². The summed E-state index contributed by atoms with van der Waals surface area (Å²) in [5, 5.41) is 5.72. The van der Waals surface area contributed by atoms with E-state index in [1.165, 1.54) is 21.7 Å². The molecule has 0 aliphatic carbocycles. The number of hydrogen-bond donors (Lipinski definition) is 1. The van der Waals surface area contributed by atoms with Crippen molar-refractivity contribution in [2.45, 2.75) is 26.4 Å². The number of thiophene rings is 1. The van der Waals surface area contributed by atoms with E-state index in [9.17, 15) is 0 Å². The largest absolute Gasteiger partial charge is 0.378 e. The molecule has 1 heterocycles. The molecule has 0 amide bonds. The predicted octanol–water partition coefficient (Wildman–Crippen LogP) is 4.29. The van der Waals surface area contributed by atoms with Crippen LogP contribution in [0.5, 0.6) is 0 Å². The predicted molar refractivity (Wildman–Crippen MR) is 84.9 cm³/mol. The molecule has 1 atom stereocenters. The van der Waals surface area contributed by atoms with Crippen LogP contribution in [0.4, 0.5) is 5.69 Å². The molecule has 1 N–H and O–H groups in total. The molecule has 3 heteroatoms. The van der Waals surface area contributed by atoms with Gasteiger partial charge in [0.05, 0.1) is 6.04 Å². The van der Waals surface area contributed by atoms with Gasteiger partial charge in [-0.2, -0.15) is 0 Å². The number of hydrogen-bond acceptors (Lipinski definition) is 3. The second kappa shape index (κ2) is 6.22. The Hall–Kier alpha value is -1.32. The second-order valence-corrected chi connectivity index (χ2v) is 6.22. The van der Waals surface area contributed by atoms with Crippen molar-refractivity contribution in [2.24, 2.45) is 0 Å². The van der Waals surface area contributed by atoms with E-state index in [1.54, 1.807) is 0 Å². The molecule has 2 rings (SSSR count). The molecule has 19 heavy (non-hydrogen) atoms. The lowest BCUT2D eigenvalue weighted by Crippen LogP contribution is -2.10. The Morgan fingerprint density at radius 2 is 1.84 bits per heavy atom. The van der Waals surface area contributed by atoms with Crippen molar-refractivity contribution in [3.63, 3.8) is 0 Å². The molecule has 0 radical (unpaired) electrons.